The third-order valence-electron chi connectivity index (χ3n) is 2.85. The van der Waals surface area contributed by atoms with Crippen molar-refractivity contribution in [2.24, 2.45) is 11.7 Å². The van der Waals surface area contributed by atoms with Crippen molar-refractivity contribution in [2.45, 2.75) is 46.6 Å². The number of hydrogen-bond donors (Lipinski definition) is 1. The van der Waals surface area contributed by atoms with Gasteiger partial charge in [0.05, 0.1) is 0 Å². The van der Waals surface area contributed by atoms with Gasteiger partial charge < -0.3 is 10.6 Å². The predicted molar refractivity (Wildman–Crippen MR) is 76.4 cm³/mol. The first-order valence-corrected chi connectivity index (χ1v) is 6.07. The van der Waals surface area contributed by atoms with Crippen molar-refractivity contribution in [3.8, 4) is 0 Å². The SMILES string of the molecule is CCC=C(C)C(=O)N(C)CCC(N)C(C)C.Cl. The van der Waals surface area contributed by atoms with E-state index in [0.29, 0.717) is 5.92 Å². The molecule has 0 aromatic rings. The first-order chi connectivity index (χ1) is 7.40. The highest BCUT2D eigenvalue weighted by Crippen LogP contribution is 2.06. The van der Waals surface area contributed by atoms with E-state index >= 15 is 0 Å². The summed E-state index contributed by atoms with van der Waals surface area (Å²) >= 11 is 0. The van der Waals surface area contributed by atoms with E-state index < -0.39 is 0 Å². The molecule has 0 aliphatic carbocycles. The molecule has 4 heteroatoms. The van der Waals surface area contributed by atoms with Crippen LogP contribution >= 0.6 is 12.4 Å². The van der Waals surface area contributed by atoms with Crippen molar-refractivity contribution < 1.29 is 4.79 Å². The maximum absolute atomic E-state index is 11.8. The Morgan fingerprint density at radius 2 is 1.94 bits per heavy atom. The molecule has 0 saturated carbocycles. The summed E-state index contributed by atoms with van der Waals surface area (Å²) in [7, 11) is 1.84. The molecule has 0 rings (SSSR count). The minimum atomic E-state index is 0. The molecule has 2 N–H and O–H groups in total. The van der Waals surface area contributed by atoms with E-state index in [2.05, 4.69) is 13.8 Å². The highest BCUT2D eigenvalue weighted by atomic mass is 35.5. The van der Waals surface area contributed by atoms with Gasteiger partial charge in [0.1, 0.15) is 0 Å². The van der Waals surface area contributed by atoms with Crippen molar-refractivity contribution in [3.63, 3.8) is 0 Å². The Morgan fingerprint density at radius 1 is 1.41 bits per heavy atom. The summed E-state index contributed by atoms with van der Waals surface area (Å²) in [5.74, 6) is 0.577. The number of carbonyl (C=O) groups excluding carboxylic acids is 1. The lowest BCUT2D eigenvalue weighted by Gasteiger charge is -2.21. The molecule has 0 spiro atoms. The second-order valence-electron chi connectivity index (χ2n) is 4.72. The summed E-state index contributed by atoms with van der Waals surface area (Å²) in [6, 6.07) is 0.172. The second kappa shape index (κ2) is 9.49. The lowest BCUT2D eigenvalue weighted by Crippen LogP contribution is -2.34. The topological polar surface area (TPSA) is 46.3 Å². The minimum Gasteiger partial charge on any atom is -0.342 e. The quantitative estimate of drug-likeness (QED) is 0.748. The molecule has 0 aliphatic heterocycles. The van der Waals surface area contributed by atoms with Crippen LogP contribution in [0.4, 0.5) is 0 Å². The first-order valence-electron chi connectivity index (χ1n) is 6.07. The molecule has 0 aromatic heterocycles. The second-order valence-corrected chi connectivity index (χ2v) is 4.72. The van der Waals surface area contributed by atoms with Crippen LogP contribution in [0.5, 0.6) is 0 Å². The summed E-state index contributed by atoms with van der Waals surface area (Å²) in [5, 5.41) is 0. The van der Waals surface area contributed by atoms with Crippen molar-refractivity contribution in [2.75, 3.05) is 13.6 Å². The highest BCUT2D eigenvalue weighted by Gasteiger charge is 2.13. The number of nitrogens with two attached hydrogens (primary N) is 1. The molecule has 1 atom stereocenters. The zero-order chi connectivity index (χ0) is 12.7. The Bertz CT molecular complexity index is 252. The molecule has 1 amide bonds. The van der Waals surface area contributed by atoms with Crippen LogP contribution in [0.15, 0.2) is 11.6 Å². The van der Waals surface area contributed by atoms with Crippen LogP contribution in [-0.2, 0) is 4.79 Å². The third-order valence-corrected chi connectivity index (χ3v) is 2.85. The Balaban J connectivity index is 0. The summed E-state index contributed by atoms with van der Waals surface area (Å²) in [6.07, 6.45) is 3.72. The lowest BCUT2D eigenvalue weighted by molar-refractivity contribution is -0.125. The number of halogens is 1. The number of rotatable bonds is 6. The van der Waals surface area contributed by atoms with Crippen LogP contribution in [0.1, 0.15) is 40.5 Å². The Morgan fingerprint density at radius 3 is 2.35 bits per heavy atom. The zero-order valence-electron chi connectivity index (χ0n) is 11.7. The summed E-state index contributed by atoms with van der Waals surface area (Å²) in [6.45, 7) is 8.84. The van der Waals surface area contributed by atoms with Gasteiger partial charge in [0, 0.05) is 25.2 Å². The van der Waals surface area contributed by atoms with Gasteiger partial charge in [-0.3, -0.25) is 4.79 Å². The fraction of sp³-hybridized carbons (Fsp3) is 0.769. The molecule has 102 valence electrons. The predicted octanol–water partition coefficient (Wildman–Crippen LogP) is 2.60. The first kappa shape index (κ1) is 18.8. The van der Waals surface area contributed by atoms with Crippen molar-refractivity contribution in [1.82, 2.24) is 4.90 Å². The molecule has 0 fully saturated rings. The Labute approximate surface area is 112 Å². The maximum Gasteiger partial charge on any atom is 0.248 e. The van der Waals surface area contributed by atoms with Gasteiger partial charge in [-0.05, 0) is 25.7 Å². The molecule has 17 heavy (non-hydrogen) atoms. The van der Waals surface area contributed by atoms with E-state index in [1.165, 1.54) is 0 Å². The number of carbonyl (C=O) groups is 1. The van der Waals surface area contributed by atoms with Gasteiger partial charge in [0.2, 0.25) is 5.91 Å². The third kappa shape index (κ3) is 7.40. The average molecular weight is 263 g/mol. The molecule has 1 unspecified atom stereocenters. The molecule has 0 saturated heterocycles. The number of allylic oxidation sites excluding steroid dienone is 1. The maximum atomic E-state index is 11.8. The average Bonchev–Trinajstić information content (AvgIpc) is 2.24. The van der Waals surface area contributed by atoms with Gasteiger partial charge >= 0.3 is 0 Å². The zero-order valence-corrected chi connectivity index (χ0v) is 12.5. The molecular formula is C13H27ClN2O. The van der Waals surface area contributed by atoms with Gasteiger partial charge in [0.25, 0.3) is 0 Å². The monoisotopic (exact) mass is 262 g/mol. The molecule has 0 bridgehead atoms. The molecule has 0 radical (unpaired) electrons. The molecule has 0 aromatic carbocycles. The molecule has 3 nitrogen and oxygen atoms in total. The van der Waals surface area contributed by atoms with Gasteiger partial charge in [-0.1, -0.05) is 26.8 Å². The normalized spacial score (nSPS) is 13.2. The Hall–Kier alpha value is -0.540. The molecular weight excluding hydrogens is 236 g/mol. The lowest BCUT2D eigenvalue weighted by atomic mass is 10.0. The number of hydrogen-bond acceptors (Lipinski definition) is 2. The van der Waals surface area contributed by atoms with Crippen molar-refractivity contribution in [3.05, 3.63) is 11.6 Å². The standard InChI is InChI=1S/C13H26N2O.ClH/c1-6-7-11(4)13(16)15(5)9-8-12(14)10(2)3;/h7,10,12H,6,8-9,14H2,1-5H3;1H. The number of amides is 1. The summed E-state index contributed by atoms with van der Waals surface area (Å²) in [5.41, 5.74) is 6.77. The van der Waals surface area contributed by atoms with E-state index in [0.717, 1.165) is 25.0 Å². The van der Waals surface area contributed by atoms with Gasteiger partial charge in [-0.25, -0.2) is 0 Å². The van der Waals surface area contributed by atoms with Gasteiger partial charge in [-0.2, -0.15) is 0 Å². The number of likely N-dealkylation sites (N-methyl/N-ethyl adjacent to an activating group) is 1. The molecule has 0 aliphatic rings. The minimum absolute atomic E-state index is 0. The highest BCUT2D eigenvalue weighted by molar-refractivity contribution is 5.92. The van der Waals surface area contributed by atoms with Crippen LogP contribution in [0, 0.1) is 5.92 Å². The van der Waals surface area contributed by atoms with Crippen molar-refractivity contribution in [1.29, 1.82) is 0 Å². The van der Waals surface area contributed by atoms with Crippen LogP contribution in [0.2, 0.25) is 0 Å². The van der Waals surface area contributed by atoms with Crippen LogP contribution in [-0.4, -0.2) is 30.4 Å². The van der Waals surface area contributed by atoms with Crippen LogP contribution in [0.25, 0.3) is 0 Å². The largest absolute Gasteiger partial charge is 0.342 e. The van der Waals surface area contributed by atoms with Gasteiger partial charge in [0.15, 0.2) is 0 Å². The number of nitrogens with zero attached hydrogens (tertiary/aromatic N) is 1. The van der Waals surface area contributed by atoms with E-state index in [4.69, 9.17) is 5.73 Å². The van der Waals surface area contributed by atoms with E-state index in [1.54, 1.807) is 4.90 Å². The molecule has 0 heterocycles. The van der Waals surface area contributed by atoms with E-state index in [1.807, 2.05) is 27.0 Å². The smallest absolute Gasteiger partial charge is 0.248 e. The van der Waals surface area contributed by atoms with Crippen molar-refractivity contribution >= 4 is 18.3 Å². The van der Waals surface area contributed by atoms with E-state index in [9.17, 15) is 4.79 Å². The summed E-state index contributed by atoms with van der Waals surface area (Å²) < 4.78 is 0. The van der Waals surface area contributed by atoms with E-state index in [-0.39, 0.29) is 24.4 Å². The van der Waals surface area contributed by atoms with Crippen LogP contribution in [0.3, 0.4) is 0 Å². The Kier molecular flexibility index (Phi) is 10.5. The fourth-order valence-corrected chi connectivity index (χ4v) is 1.47. The fourth-order valence-electron chi connectivity index (χ4n) is 1.47. The van der Waals surface area contributed by atoms with Gasteiger partial charge in [-0.15, -0.1) is 12.4 Å². The van der Waals surface area contributed by atoms with Crippen LogP contribution < -0.4 is 5.73 Å². The summed E-state index contributed by atoms with van der Waals surface area (Å²) in [4.78, 5) is 13.6.